The number of amides is 1. The lowest BCUT2D eigenvalue weighted by molar-refractivity contribution is 0.00837. The predicted molar refractivity (Wildman–Crippen MR) is 98.7 cm³/mol. The summed E-state index contributed by atoms with van der Waals surface area (Å²) in [5.74, 6) is -0.0376. The third-order valence-electron chi connectivity index (χ3n) is 5.82. The second-order valence-electron chi connectivity index (χ2n) is 7.52. The van der Waals surface area contributed by atoms with Crippen molar-refractivity contribution < 1.29 is 4.79 Å². The van der Waals surface area contributed by atoms with E-state index >= 15 is 0 Å². The first-order chi connectivity index (χ1) is 12.1. The molecular weight excluding hydrogens is 314 g/mol. The number of nitrogens with zero attached hydrogens (tertiary/aromatic N) is 4. The van der Waals surface area contributed by atoms with Gasteiger partial charge in [0.15, 0.2) is 5.69 Å². The molecule has 134 valence electrons. The van der Waals surface area contributed by atoms with Crippen LogP contribution in [0.15, 0.2) is 24.3 Å². The summed E-state index contributed by atoms with van der Waals surface area (Å²) in [5.41, 5.74) is 1.58. The SMILES string of the molecule is CCn1nc(C(=O)NC2C[C@@H]3CN(C)C[C@H](C2)N3C)c2ccccc21. The van der Waals surface area contributed by atoms with E-state index in [4.69, 9.17) is 0 Å². The fourth-order valence-corrected chi connectivity index (χ4v) is 4.49. The Bertz CT molecular complexity index is 769. The van der Waals surface area contributed by atoms with Crippen LogP contribution in [0.3, 0.4) is 0 Å². The van der Waals surface area contributed by atoms with E-state index in [1.54, 1.807) is 0 Å². The van der Waals surface area contributed by atoms with E-state index < -0.39 is 0 Å². The van der Waals surface area contributed by atoms with Crippen LogP contribution in [0, 0.1) is 0 Å². The topological polar surface area (TPSA) is 53.4 Å². The Hall–Kier alpha value is -1.92. The molecule has 3 heterocycles. The summed E-state index contributed by atoms with van der Waals surface area (Å²) in [5, 5.41) is 8.77. The highest BCUT2D eigenvalue weighted by Gasteiger charge is 2.38. The minimum absolute atomic E-state index is 0.0376. The van der Waals surface area contributed by atoms with Crippen LogP contribution < -0.4 is 5.32 Å². The van der Waals surface area contributed by atoms with E-state index in [0.717, 1.165) is 43.4 Å². The number of nitrogens with one attached hydrogen (secondary N) is 1. The minimum atomic E-state index is -0.0376. The number of para-hydroxylation sites is 1. The molecule has 6 nitrogen and oxygen atoms in total. The monoisotopic (exact) mass is 341 g/mol. The number of carbonyl (C=O) groups excluding carboxylic acids is 1. The lowest BCUT2D eigenvalue weighted by Gasteiger charge is -2.50. The summed E-state index contributed by atoms with van der Waals surface area (Å²) < 4.78 is 1.91. The quantitative estimate of drug-likeness (QED) is 0.921. The van der Waals surface area contributed by atoms with Gasteiger partial charge in [-0.25, -0.2) is 0 Å². The van der Waals surface area contributed by atoms with Crippen LogP contribution in [0.1, 0.15) is 30.3 Å². The average molecular weight is 341 g/mol. The number of likely N-dealkylation sites (tertiary alicyclic amines) is 1. The fourth-order valence-electron chi connectivity index (χ4n) is 4.49. The Kier molecular flexibility index (Phi) is 4.25. The molecular formula is C19H27N5O. The molecule has 1 unspecified atom stereocenters. The lowest BCUT2D eigenvalue weighted by Crippen LogP contribution is -2.63. The second-order valence-corrected chi connectivity index (χ2v) is 7.52. The van der Waals surface area contributed by atoms with E-state index in [1.165, 1.54) is 0 Å². The number of fused-ring (bicyclic) bond motifs is 3. The molecule has 2 aliphatic heterocycles. The molecule has 4 rings (SSSR count). The highest BCUT2D eigenvalue weighted by Crippen LogP contribution is 2.27. The maximum atomic E-state index is 12.9. The first kappa shape index (κ1) is 16.5. The van der Waals surface area contributed by atoms with Crippen LogP contribution in [0.2, 0.25) is 0 Å². The third kappa shape index (κ3) is 2.93. The van der Waals surface area contributed by atoms with Crippen molar-refractivity contribution in [3.8, 4) is 0 Å². The van der Waals surface area contributed by atoms with E-state index in [9.17, 15) is 4.79 Å². The second kappa shape index (κ2) is 6.42. The Balaban J connectivity index is 1.53. The van der Waals surface area contributed by atoms with Gasteiger partial charge in [-0.05, 0) is 39.9 Å². The van der Waals surface area contributed by atoms with Gasteiger partial charge in [-0.15, -0.1) is 0 Å². The van der Waals surface area contributed by atoms with Gasteiger partial charge in [0.05, 0.1) is 5.52 Å². The Morgan fingerprint density at radius 2 is 1.88 bits per heavy atom. The Morgan fingerprint density at radius 1 is 1.20 bits per heavy atom. The molecule has 0 radical (unpaired) electrons. The van der Waals surface area contributed by atoms with Crippen LogP contribution in [0.4, 0.5) is 0 Å². The van der Waals surface area contributed by atoms with Crippen molar-refractivity contribution in [1.82, 2.24) is 24.9 Å². The maximum Gasteiger partial charge on any atom is 0.272 e. The standard InChI is InChI=1S/C19H27N5O/c1-4-24-17-8-6-5-7-16(17)18(21-24)19(25)20-13-9-14-11-22(2)12-15(10-13)23(14)3/h5-8,13-15H,4,9-12H2,1-3H3,(H,20,25)/t13?,14-,15+. The van der Waals surface area contributed by atoms with Gasteiger partial charge >= 0.3 is 0 Å². The van der Waals surface area contributed by atoms with Gasteiger partial charge in [-0.1, -0.05) is 18.2 Å². The highest BCUT2D eigenvalue weighted by atomic mass is 16.2. The number of rotatable bonds is 3. The molecule has 2 fully saturated rings. The normalized spacial score (nSPS) is 27.6. The predicted octanol–water partition coefficient (Wildman–Crippen LogP) is 1.56. The van der Waals surface area contributed by atoms with Gasteiger partial charge in [0.1, 0.15) is 0 Å². The van der Waals surface area contributed by atoms with Gasteiger partial charge in [-0.3, -0.25) is 14.4 Å². The van der Waals surface area contributed by atoms with Crippen molar-refractivity contribution in [1.29, 1.82) is 0 Å². The molecule has 6 heteroatoms. The van der Waals surface area contributed by atoms with Crippen LogP contribution in [-0.2, 0) is 6.54 Å². The molecule has 3 atom stereocenters. The third-order valence-corrected chi connectivity index (χ3v) is 5.82. The van der Waals surface area contributed by atoms with E-state index in [1.807, 2.05) is 28.9 Å². The number of piperazine rings is 1. The van der Waals surface area contributed by atoms with Gasteiger partial charge in [0.2, 0.25) is 0 Å². The molecule has 1 N–H and O–H groups in total. The summed E-state index contributed by atoms with van der Waals surface area (Å²) >= 11 is 0. The minimum Gasteiger partial charge on any atom is -0.348 e. The first-order valence-corrected chi connectivity index (χ1v) is 9.23. The average Bonchev–Trinajstić information content (AvgIpc) is 2.96. The molecule has 0 spiro atoms. The summed E-state index contributed by atoms with van der Waals surface area (Å²) in [7, 11) is 4.41. The summed E-state index contributed by atoms with van der Waals surface area (Å²) in [6.07, 6.45) is 2.02. The zero-order chi connectivity index (χ0) is 17.6. The number of aromatic nitrogens is 2. The van der Waals surface area contributed by atoms with Crippen molar-refractivity contribution in [2.24, 2.45) is 0 Å². The van der Waals surface area contributed by atoms with Crippen LogP contribution >= 0.6 is 0 Å². The lowest BCUT2D eigenvalue weighted by atomic mass is 9.88. The van der Waals surface area contributed by atoms with Crippen molar-refractivity contribution in [3.63, 3.8) is 0 Å². The zero-order valence-corrected chi connectivity index (χ0v) is 15.3. The fraction of sp³-hybridized carbons (Fsp3) is 0.579. The van der Waals surface area contributed by atoms with Gasteiger partial charge in [0, 0.05) is 43.1 Å². The number of likely N-dealkylation sites (N-methyl/N-ethyl adjacent to an activating group) is 2. The number of hydrogen-bond acceptors (Lipinski definition) is 4. The van der Waals surface area contributed by atoms with Crippen molar-refractivity contribution >= 4 is 16.8 Å². The molecule has 2 aliphatic rings. The molecule has 25 heavy (non-hydrogen) atoms. The van der Waals surface area contributed by atoms with Gasteiger partial charge in [-0.2, -0.15) is 5.10 Å². The van der Waals surface area contributed by atoms with E-state index in [-0.39, 0.29) is 11.9 Å². The smallest absolute Gasteiger partial charge is 0.272 e. The number of benzene rings is 1. The molecule has 0 aliphatic carbocycles. The van der Waals surface area contributed by atoms with Crippen LogP contribution in [0.5, 0.6) is 0 Å². The molecule has 2 bridgehead atoms. The molecule has 1 aromatic carbocycles. The summed E-state index contributed by atoms with van der Waals surface area (Å²) in [4.78, 5) is 17.8. The molecule has 2 saturated heterocycles. The van der Waals surface area contributed by atoms with E-state index in [2.05, 4.69) is 41.2 Å². The number of hydrogen-bond donors (Lipinski definition) is 1. The van der Waals surface area contributed by atoms with Crippen LogP contribution in [0.25, 0.3) is 10.9 Å². The zero-order valence-electron chi connectivity index (χ0n) is 15.3. The van der Waals surface area contributed by atoms with Crippen molar-refractivity contribution in [2.75, 3.05) is 27.2 Å². The first-order valence-electron chi connectivity index (χ1n) is 9.23. The van der Waals surface area contributed by atoms with Gasteiger partial charge < -0.3 is 10.2 Å². The molecule has 1 amide bonds. The number of piperidine rings is 1. The van der Waals surface area contributed by atoms with E-state index in [0.29, 0.717) is 17.8 Å². The Morgan fingerprint density at radius 3 is 2.56 bits per heavy atom. The molecule has 2 aromatic rings. The maximum absolute atomic E-state index is 12.9. The van der Waals surface area contributed by atoms with Crippen LogP contribution in [-0.4, -0.2) is 70.8 Å². The largest absolute Gasteiger partial charge is 0.348 e. The highest BCUT2D eigenvalue weighted by molar-refractivity contribution is 6.04. The molecule has 0 saturated carbocycles. The molecule has 1 aromatic heterocycles. The van der Waals surface area contributed by atoms with Crippen molar-refractivity contribution in [3.05, 3.63) is 30.0 Å². The number of carbonyl (C=O) groups is 1. The van der Waals surface area contributed by atoms with Gasteiger partial charge in [0.25, 0.3) is 5.91 Å². The number of aryl methyl sites for hydroxylation is 1. The Labute approximate surface area is 148 Å². The summed E-state index contributed by atoms with van der Waals surface area (Å²) in [6, 6.07) is 9.25. The van der Waals surface area contributed by atoms with Crippen molar-refractivity contribution in [2.45, 2.75) is 44.4 Å². The summed E-state index contributed by atoms with van der Waals surface area (Å²) in [6.45, 7) is 4.97.